The molecule has 6 nitrogen and oxygen atoms in total. The van der Waals surface area contributed by atoms with Crippen molar-refractivity contribution in [3.8, 4) is 5.75 Å². The van der Waals surface area contributed by atoms with E-state index in [1.54, 1.807) is 25.5 Å². The molecule has 1 amide bonds. The molecule has 2 aromatic rings. The van der Waals surface area contributed by atoms with E-state index in [1.807, 2.05) is 18.2 Å². The van der Waals surface area contributed by atoms with Crippen LogP contribution in [0.15, 0.2) is 29.6 Å². The third-order valence-electron chi connectivity index (χ3n) is 2.78. The Bertz CT molecular complexity index is 669. The maximum Gasteiger partial charge on any atom is 0.357 e. The summed E-state index contributed by atoms with van der Waals surface area (Å²) in [7, 11) is 1.56. The Morgan fingerprint density at radius 3 is 2.82 bits per heavy atom. The van der Waals surface area contributed by atoms with Crippen LogP contribution < -0.4 is 10.1 Å². The van der Waals surface area contributed by atoms with Crippen LogP contribution in [0.3, 0.4) is 0 Å². The average molecular weight is 320 g/mol. The molecule has 22 heavy (non-hydrogen) atoms. The van der Waals surface area contributed by atoms with Crippen molar-refractivity contribution in [2.45, 2.75) is 13.3 Å². The molecule has 0 aliphatic carbocycles. The second-order valence-electron chi connectivity index (χ2n) is 4.30. The highest BCUT2D eigenvalue weighted by Gasteiger charge is 2.14. The summed E-state index contributed by atoms with van der Waals surface area (Å²) in [5.74, 6) is -0.0674. The third-order valence-corrected chi connectivity index (χ3v) is 3.54. The lowest BCUT2D eigenvalue weighted by atomic mass is 10.1. The Morgan fingerprint density at radius 2 is 2.09 bits per heavy atom. The molecule has 0 saturated carbocycles. The lowest BCUT2D eigenvalue weighted by Gasteiger charge is -2.07. The predicted molar refractivity (Wildman–Crippen MR) is 83.4 cm³/mol. The molecule has 0 saturated heterocycles. The number of nitrogens with zero attached hydrogens (tertiary/aromatic N) is 1. The number of benzene rings is 1. The number of ether oxygens (including phenoxy) is 2. The molecular weight excluding hydrogens is 304 g/mol. The van der Waals surface area contributed by atoms with Crippen LogP contribution in [-0.2, 0) is 16.0 Å². The van der Waals surface area contributed by atoms with Crippen LogP contribution in [0.5, 0.6) is 5.75 Å². The molecule has 0 spiro atoms. The average Bonchev–Trinajstić information content (AvgIpc) is 2.96. The van der Waals surface area contributed by atoms with Gasteiger partial charge in [-0.1, -0.05) is 18.2 Å². The van der Waals surface area contributed by atoms with E-state index in [2.05, 4.69) is 10.3 Å². The topological polar surface area (TPSA) is 77.5 Å². The van der Waals surface area contributed by atoms with Crippen LogP contribution in [0, 0.1) is 0 Å². The normalized spacial score (nSPS) is 10.1. The summed E-state index contributed by atoms with van der Waals surface area (Å²) in [5.41, 5.74) is 0.976. The number of aromatic nitrogens is 1. The van der Waals surface area contributed by atoms with Crippen molar-refractivity contribution in [3.05, 3.63) is 40.9 Å². The molecule has 0 bridgehead atoms. The van der Waals surface area contributed by atoms with Gasteiger partial charge >= 0.3 is 5.97 Å². The molecule has 0 radical (unpaired) electrons. The SMILES string of the molecule is CCOC(=O)c1csc(NC(=O)Cc2ccccc2OC)n1. The smallest absolute Gasteiger partial charge is 0.357 e. The van der Waals surface area contributed by atoms with Crippen molar-refractivity contribution in [3.63, 3.8) is 0 Å². The number of carbonyl (C=O) groups is 2. The van der Waals surface area contributed by atoms with E-state index < -0.39 is 5.97 Å². The number of methoxy groups -OCH3 is 1. The number of esters is 1. The van der Waals surface area contributed by atoms with Crippen molar-refractivity contribution in [1.29, 1.82) is 0 Å². The molecule has 1 aromatic carbocycles. The zero-order valence-electron chi connectivity index (χ0n) is 12.3. The second-order valence-corrected chi connectivity index (χ2v) is 5.15. The summed E-state index contributed by atoms with van der Waals surface area (Å²) in [6, 6.07) is 7.30. The zero-order chi connectivity index (χ0) is 15.9. The minimum Gasteiger partial charge on any atom is -0.496 e. The fourth-order valence-electron chi connectivity index (χ4n) is 1.82. The van der Waals surface area contributed by atoms with Crippen molar-refractivity contribution in [1.82, 2.24) is 4.98 Å². The number of hydrogen-bond donors (Lipinski definition) is 1. The van der Waals surface area contributed by atoms with Gasteiger partial charge in [-0.05, 0) is 13.0 Å². The molecule has 1 heterocycles. The second kappa shape index (κ2) is 7.56. The first-order valence-corrected chi connectivity index (χ1v) is 7.56. The Balaban J connectivity index is 1.99. The van der Waals surface area contributed by atoms with Gasteiger partial charge in [0.15, 0.2) is 10.8 Å². The lowest BCUT2D eigenvalue weighted by molar-refractivity contribution is -0.115. The van der Waals surface area contributed by atoms with Gasteiger partial charge in [-0.25, -0.2) is 9.78 Å². The fraction of sp³-hybridized carbons (Fsp3) is 0.267. The van der Waals surface area contributed by atoms with Gasteiger partial charge < -0.3 is 14.8 Å². The number of thiazole rings is 1. The van der Waals surface area contributed by atoms with Gasteiger partial charge in [-0.3, -0.25) is 4.79 Å². The van der Waals surface area contributed by atoms with Crippen molar-refractivity contribution < 1.29 is 19.1 Å². The van der Waals surface area contributed by atoms with Gasteiger partial charge in [0.2, 0.25) is 5.91 Å². The molecule has 0 fully saturated rings. The van der Waals surface area contributed by atoms with Crippen molar-refractivity contribution in [2.24, 2.45) is 0 Å². The fourth-order valence-corrected chi connectivity index (χ4v) is 2.51. The van der Waals surface area contributed by atoms with E-state index in [9.17, 15) is 9.59 Å². The maximum atomic E-state index is 12.0. The Morgan fingerprint density at radius 1 is 1.32 bits per heavy atom. The summed E-state index contributed by atoms with van der Waals surface area (Å²) in [4.78, 5) is 27.6. The largest absolute Gasteiger partial charge is 0.496 e. The van der Waals surface area contributed by atoms with Gasteiger partial charge in [0.25, 0.3) is 0 Å². The van der Waals surface area contributed by atoms with Gasteiger partial charge in [-0.15, -0.1) is 11.3 Å². The molecule has 0 aliphatic heterocycles. The van der Waals surface area contributed by atoms with E-state index in [-0.39, 0.29) is 24.6 Å². The summed E-state index contributed by atoms with van der Waals surface area (Å²) in [5, 5.41) is 4.58. The van der Waals surface area contributed by atoms with Gasteiger partial charge in [0.05, 0.1) is 20.1 Å². The number of rotatable bonds is 6. The molecule has 1 N–H and O–H groups in total. The molecular formula is C15H16N2O4S. The zero-order valence-corrected chi connectivity index (χ0v) is 13.1. The molecule has 0 aliphatic rings. The Kier molecular flexibility index (Phi) is 5.48. The predicted octanol–water partition coefficient (Wildman–Crippen LogP) is 2.51. The number of para-hydroxylation sites is 1. The first-order valence-electron chi connectivity index (χ1n) is 6.68. The Labute approximate surface area is 132 Å². The maximum absolute atomic E-state index is 12.0. The van der Waals surface area contributed by atoms with Crippen LogP contribution in [0.25, 0.3) is 0 Å². The summed E-state index contributed by atoms with van der Waals surface area (Å²) in [6.45, 7) is 2.01. The van der Waals surface area contributed by atoms with E-state index >= 15 is 0 Å². The molecule has 7 heteroatoms. The summed E-state index contributed by atoms with van der Waals surface area (Å²) in [6.07, 6.45) is 0.165. The van der Waals surface area contributed by atoms with Gasteiger partial charge in [0.1, 0.15) is 5.75 Å². The number of anilines is 1. The molecule has 0 unspecified atom stereocenters. The minimum absolute atomic E-state index is 0.165. The minimum atomic E-state index is -0.496. The van der Waals surface area contributed by atoms with Crippen LogP contribution in [0.4, 0.5) is 5.13 Å². The van der Waals surface area contributed by atoms with Crippen molar-refractivity contribution in [2.75, 3.05) is 19.0 Å². The van der Waals surface area contributed by atoms with Crippen LogP contribution in [0.2, 0.25) is 0 Å². The van der Waals surface area contributed by atoms with Crippen LogP contribution in [0.1, 0.15) is 23.0 Å². The van der Waals surface area contributed by atoms with Crippen LogP contribution >= 0.6 is 11.3 Å². The molecule has 0 atom stereocenters. The molecule has 116 valence electrons. The highest BCUT2D eigenvalue weighted by atomic mass is 32.1. The number of nitrogens with one attached hydrogen (secondary N) is 1. The van der Waals surface area contributed by atoms with Gasteiger partial charge in [0, 0.05) is 10.9 Å². The van der Waals surface area contributed by atoms with Crippen molar-refractivity contribution >= 4 is 28.3 Å². The van der Waals surface area contributed by atoms with E-state index in [4.69, 9.17) is 9.47 Å². The van der Waals surface area contributed by atoms with E-state index in [0.717, 1.165) is 5.56 Å². The number of hydrogen-bond acceptors (Lipinski definition) is 6. The quantitative estimate of drug-likeness (QED) is 0.828. The number of amides is 1. The van der Waals surface area contributed by atoms with E-state index in [0.29, 0.717) is 10.9 Å². The monoisotopic (exact) mass is 320 g/mol. The third kappa shape index (κ3) is 4.05. The summed E-state index contributed by atoms with van der Waals surface area (Å²) < 4.78 is 10.1. The first kappa shape index (κ1) is 16.0. The van der Waals surface area contributed by atoms with Gasteiger partial charge in [-0.2, -0.15) is 0 Å². The lowest BCUT2D eigenvalue weighted by Crippen LogP contribution is -2.15. The first-order chi connectivity index (χ1) is 10.6. The van der Waals surface area contributed by atoms with E-state index in [1.165, 1.54) is 11.3 Å². The highest BCUT2D eigenvalue weighted by molar-refractivity contribution is 7.14. The standard InChI is InChI=1S/C15H16N2O4S/c1-3-21-14(19)11-9-22-15(16-11)17-13(18)8-10-6-4-5-7-12(10)20-2/h4-7,9H,3,8H2,1-2H3,(H,16,17,18). The Hall–Kier alpha value is -2.41. The van der Waals surface area contributed by atoms with Crippen LogP contribution in [-0.4, -0.2) is 30.6 Å². The molecule has 1 aromatic heterocycles. The number of carbonyl (C=O) groups excluding carboxylic acids is 2. The molecule has 2 rings (SSSR count). The summed E-state index contributed by atoms with van der Waals surface area (Å²) >= 11 is 1.18. The highest BCUT2D eigenvalue weighted by Crippen LogP contribution is 2.20.